The van der Waals surface area contributed by atoms with E-state index in [9.17, 15) is 0 Å². The minimum atomic E-state index is 0.531. The SMILES string of the molecule is COc1cc(CN2CCN(C3CC3)CC2)ccc1CN. The van der Waals surface area contributed by atoms with E-state index >= 15 is 0 Å². The zero-order valence-corrected chi connectivity index (χ0v) is 12.3. The first kappa shape index (κ1) is 13.9. The van der Waals surface area contributed by atoms with E-state index in [1.807, 2.05) is 0 Å². The van der Waals surface area contributed by atoms with Gasteiger partial charge in [-0.1, -0.05) is 12.1 Å². The van der Waals surface area contributed by atoms with Gasteiger partial charge in [0.05, 0.1) is 7.11 Å². The highest BCUT2D eigenvalue weighted by molar-refractivity contribution is 5.37. The second-order valence-electron chi connectivity index (χ2n) is 5.89. The van der Waals surface area contributed by atoms with Crippen LogP contribution in [0.25, 0.3) is 0 Å². The van der Waals surface area contributed by atoms with E-state index in [1.54, 1.807) is 7.11 Å². The van der Waals surface area contributed by atoms with Gasteiger partial charge in [0.2, 0.25) is 0 Å². The van der Waals surface area contributed by atoms with Gasteiger partial charge in [-0.25, -0.2) is 0 Å². The van der Waals surface area contributed by atoms with Crippen molar-refractivity contribution < 1.29 is 4.74 Å². The molecule has 1 aromatic rings. The van der Waals surface area contributed by atoms with Crippen LogP contribution < -0.4 is 10.5 Å². The molecule has 20 heavy (non-hydrogen) atoms. The summed E-state index contributed by atoms with van der Waals surface area (Å²) in [7, 11) is 1.71. The lowest BCUT2D eigenvalue weighted by Crippen LogP contribution is -2.46. The van der Waals surface area contributed by atoms with Crippen molar-refractivity contribution in [1.29, 1.82) is 0 Å². The van der Waals surface area contributed by atoms with Crippen LogP contribution >= 0.6 is 0 Å². The molecular formula is C16H25N3O. The van der Waals surface area contributed by atoms with Gasteiger partial charge in [-0.15, -0.1) is 0 Å². The molecule has 1 aliphatic carbocycles. The molecule has 0 atom stereocenters. The van der Waals surface area contributed by atoms with Gasteiger partial charge in [0.15, 0.2) is 0 Å². The fraction of sp³-hybridized carbons (Fsp3) is 0.625. The molecule has 0 aromatic heterocycles. The predicted octanol–water partition coefficient (Wildman–Crippen LogP) is 1.43. The molecule has 0 spiro atoms. The summed E-state index contributed by atoms with van der Waals surface area (Å²) in [5, 5.41) is 0. The zero-order chi connectivity index (χ0) is 13.9. The highest BCUT2D eigenvalue weighted by Crippen LogP contribution is 2.28. The van der Waals surface area contributed by atoms with Gasteiger partial charge in [0.1, 0.15) is 5.75 Å². The second-order valence-corrected chi connectivity index (χ2v) is 5.89. The number of nitrogens with two attached hydrogens (primary N) is 1. The number of hydrogen-bond donors (Lipinski definition) is 1. The van der Waals surface area contributed by atoms with Crippen LogP contribution in [0.1, 0.15) is 24.0 Å². The van der Waals surface area contributed by atoms with Gasteiger partial charge >= 0.3 is 0 Å². The van der Waals surface area contributed by atoms with Crippen molar-refractivity contribution in [1.82, 2.24) is 9.80 Å². The number of ether oxygens (including phenoxy) is 1. The Balaban J connectivity index is 1.57. The van der Waals surface area contributed by atoms with Crippen LogP contribution in [0.15, 0.2) is 18.2 Å². The summed E-state index contributed by atoms with van der Waals surface area (Å²) in [5.41, 5.74) is 8.11. The molecule has 0 unspecified atom stereocenters. The van der Waals surface area contributed by atoms with Crippen molar-refractivity contribution in [3.05, 3.63) is 29.3 Å². The lowest BCUT2D eigenvalue weighted by Gasteiger charge is -2.34. The maximum Gasteiger partial charge on any atom is 0.123 e. The number of benzene rings is 1. The van der Waals surface area contributed by atoms with E-state index in [-0.39, 0.29) is 0 Å². The van der Waals surface area contributed by atoms with Crippen molar-refractivity contribution in [2.24, 2.45) is 5.73 Å². The monoisotopic (exact) mass is 275 g/mol. The van der Waals surface area contributed by atoms with Crippen LogP contribution in [0.3, 0.4) is 0 Å². The van der Waals surface area contributed by atoms with Crippen LogP contribution in [0, 0.1) is 0 Å². The molecule has 4 nitrogen and oxygen atoms in total. The number of rotatable bonds is 5. The van der Waals surface area contributed by atoms with Gasteiger partial charge in [-0.3, -0.25) is 9.80 Å². The molecule has 1 saturated heterocycles. The molecule has 0 amide bonds. The molecular weight excluding hydrogens is 250 g/mol. The molecule has 1 aromatic carbocycles. The zero-order valence-electron chi connectivity index (χ0n) is 12.3. The van der Waals surface area contributed by atoms with Crippen molar-refractivity contribution in [3.8, 4) is 5.75 Å². The van der Waals surface area contributed by atoms with E-state index in [0.29, 0.717) is 6.54 Å². The lowest BCUT2D eigenvalue weighted by atomic mass is 10.1. The summed E-state index contributed by atoms with van der Waals surface area (Å²) in [6, 6.07) is 7.31. The number of methoxy groups -OCH3 is 1. The van der Waals surface area contributed by atoms with E-state index in [4.69, 9.17) is 10.5 Å². The van der Waals surface area contributed by atoms with Crippen LogP contribution in [-0.2, 0) is 13.1 Å². The lowest BCUT2D eigenvalue weighted by molar-refractivity contribution is 0.121. The first-order valence-corrected chi connectivity index (χ1v) is 7.62. The molecule has 110 valence electrons. The summed E-state index contributed by atoms with van der Waals surface area (Å²) < 4.78 is 5.42. The number of nitrogens with zero attached hydrogens (tertiary/aromatic N) is 2. The minimum absolute atomic E-state index is 0.531. The predicted molar refractivity (Wildman–Crippen MR) is 80.8 cm³/mol. The first-order chi connectivity index (χ1) is 9.80. The largest absolute Gasteiger partial charge is 0.496 e. The van der Waals surface area contributed by atoms with E-state index in [1.165, 1.54) is 44.6 Å². The highest BCUT2D eigenvalue weighted by Gasteiger charge is 2.31. The Morgan fingerprint density at radius 3 is 2.55 bits per heavy atom. The Hall–Kier alpha value is -1.10. The average molecular weight is 275 g/mol. The summed E-state index contributed by atoms with van der Waals surface area (Å²) >= 11 is 0. The standard InChI is InChI=1S/C16H25N3O/c1-20-16-10-13(2-3-14(16)11-17)12-18-6-8-19(9-7-18)15-4-5-15/h2-3,10,15H,4-9,11-12,17H2,1H3. The van der Waals surface area contributed by atoms with E-state index in [0.717, 1.165) is 23.9 Å². The summed E-state index contributed by atoms with van der Waals surface area (Å²) in [4.78, 5) is 5.18. The Labute approximate surface area is 121 Å². The molecule has 0 radical (unpaired) electrons. The van der Waals surface area contributed by atoms with Gasteiger partial charge < -0.3 is 10.5 Å². The molecule has 1 heterocycles. The molecule has 2 N–H and O–H groups in total. The maximum atomic E-state index is 5.71. The van der Waals surface area contributed by atoms with Crippen LogP contribution in [0.4, 0.5) is 0 Å². The molecule has 3 rings (SSSR count). The third kappa shape index (κ3) is 3.14. The van der Waals surface area contributed by atoms with Gasteiger partial charge in [0.25, 0.3) is 0 Å². The fourth-order valence-corrected chi connectivity index (χ4v) is 3.04. The summed E-state index contributed by atoms with van der Waals surface area (Å²) in [6.45, 7) is 6.35. The van der Waals surface area contributed by atoms with Gasteiger partial charge in [0, 0.05) is 50.9 Å². The molecule has 4 heteroatoms. The van der Waals surface area contributed by atoms with Crippen LogP contribution in [-0.4, -0.2) is 49.1 Å². The number of hydrogen-bond acceptors (Lipinski definition) is 4. The molecule has 0 bridgehead atoms. The van der Waals surface area contributed by atoms with Crippen molar-refractivity contribution >= 4 is 0 Å². The molecule has 2 aliphatic rings. The Morgan fingerprint density at radius 1 is 1.20 bits per heavy atom. The third-order valence-electron chi connectivity index (χ3n) is 4.45. The Bertz CT molecular complexity index is 451. The van der Waals surface area contributed by atoms with Crippen molar-refractivity contribution in [3.63, 3.8) is 0 Å². The van der Waals surface area contributed by atoms with E-state index < -0.39 is 0 Å². The van der Waals surface area contributed by atoms with E-state index in [2.05, 4.69) is 28.0 Å². The molecule has 1 saturated carbocycles. The molecule has 2 fully saturated rings. The summed E-state index contributed by atoms with van der Waals surface area (Å²) in [6.07, 6.45) is 2.83. The normalized spacial score (nSPS) is 21.1. The summed E-state index contributed by atoms with van der Waals surface area (Å²) in [5.74, 6) is 0.918. The quantitative estimate of drug-likeness (QED) is 0.883. The Kier molecular flexibility index (Phi) is 4.24. The second kappa shape index (κ2) is 6.12. The first-order valence-electron chi connectivity index (χ1n) is 7.62. The average Bonchev–Trinajstić information content (AvgIpc) is 3.32. The van der Waals surface area contributed by atoms with Gasteiger partial charge in [-0.05, 0) is 24.5 Å². The smallest absolute Gasteiger partial charge is 0.123 e. The van der Waals surface area contributed by atoms with Crippen molar-refractivity contribution in [2.75, 3.05) is 33.3 Å². The Morgan fingerprint density at radius 2 is 1.95 bits per heavy atom. The maximum absolute atomic E-state index is 5.71. The fourth-order valence-electron chi connectivity index (χ4n) is 3.04. The highest BCUT2D eigenvalue weighted by atomic mass is 16.5. The topological polar surface area (TPSA) is 41.7 Å². The third-order valence-corrected chi connectivity index (χ3v) is 4.45. The molecule has 1 aliphatic heterocycles. The van der Waals surface area contributed by atoms with Gasteiger partial charge in [-0.2, -0.15) is 0 Å². The van der Waals surface area contributed by atoms with Crippen LogP contribution in [0.2, 0.25) is 0 Å². The number of piperazine rings is 1. The van der Waals surface area contributed by atoms with Crippen LogP contribution in [0.5, 0.6) is 5.75 Å². The van der Waals surface area contributed by atoms with Crippen molar-refractivity contribution in [2.45, 2.75) is 32.0 Å². The minimum Gasteiger partial charge on any atom is -0.496 e.